The van der Waals surface area contributed by atoms with Crippen molar-refractivity contribution in [2.75, 3.05) is 11.9 Å². The van der Waals surface area contributed by atoms with Crippen molar-refractivity contribution < 1.29 is 23.9 Å². The first-order valence-electron chi connectivity index (χ1n) is 8.48. The molecule has 0 fully saturated rings. The van der Waals surface area contributed by atoms with Crippen LogP contribution in [0.25, 0.3) is 0 Å². The number of H-pyrrole nitrogens is 1. The van der Waals surface area contributed by atoms with E-state index in [4.69, 9.17) is 32.7 Å². The highest BCUT2D eigenvalue weighted by atomic mass is 35.5. The highest BCUT2D eigenvalue weighted by Gasteiger charge is 2.26. The van der Waals surface area contributed by atoms with Crippen molar-refractivity contribution in [3.05, 3.63) is 50.8 Å². The molecule has 1 amide bonds. The molecule has 2 aromatic rings. The quantitative estimate of drug-likeness (QED) is 0.670. The Morgan fingerprint density at radius 2 is 1.86 bits per heavy atom. The van der Waals surface area contributed by atoms with Crippen LogP contribution >= 0.6 is 23.2 Å². The predicted octanol–water partition coefficient (Wildman–Crippen LogP) is 4.30. The van der Waals surface area contributed by atoms with Gasteiger partial charge in [0.15, 0.2) is 6.10 Å². The van der Waals surface area contributed by atoms with Crippen LogP contribution in [0.1, 0.15) is 46.0 Å². The Labute approximate surface area is 172 Å². The van der Waals surface area contributed by atoms with Gasteiger partial charge in [-0.25, -0.2) is 9.59 Å². The van der Waals surface area contributed by atoms with Crippen LogP contribution in [0.15, 0.2) is 18.2 Å². The van der Waals surface area contributed by atoms with Crippen LogP contribution in [0.5, 0.6) is 0 Å². The Kier molecular flexibility index (Phi) is 7.10. The van der Waals surface area contributed by atoms with E-state index in [-0.39, 0.29) is 22.9 Å². The van der Waals surface area contributed by atoms with Gasteiger partial charge in [0.05, 0.1) is 22.9 Å². The molecule has 2 N–H and O–H groups in total. The summed E-state index contributed by atoms with van der Waals surface area (Å²) in [5.41, 5.74) is 1.55. The maximum Gasteiger partial charge on any atom is 0.355 e. The van der Waals surface area contributed by atoms with E-state index in [2.05, 4.69) is 10.3 Å². The normalized spacial score (nSPS) is 11.6. The van der Waals surface area contributed by atoms with E-state index >= 15 is 0 Å². The van der Waals surface area contributed by atoms with Crippen molar-refractivity contribution in [1.29, 1.82) is 0 Å². The number of aryl methyl sites for hydroxylation is 1. The minimum atomic E-state index is -1.10. The minimum absolute atomic E-state index is 0.177. The van der Waals surface area contributed by atoms with Crippen LogP contribution in [0.3, 0.4) is 0 Å². The number of rotatable bonds is 6. The summed E-state index contributed by atoms with van der Waals surface area (Å²) in [5.74, 6) is -1.86. The second kappa shape index (κ2) is 9.12. The van der Waals surface area contributed by atoms with E-state index in [1.807, 2.05) is 0 Å². The predicted molar refractivity (Wildman–Crippen MR) is 106 cm³/mol. The van der Waals surface area contributed by atoms with Crippen LogP contribution in [-0.2, 0) is 14.3 Å². The van der Waals surface area contributed by atoms with Gasteiger partial charge in [-0.15, -0.1) is 0 Å². The molecule has 28 heavy (non-hydrogen) atoms. The van der Waals surface area contributed by atoms with Gasteiger partial charge in [0.1, 0.15) is 5.69 Å². The number of carbonyl (C=O) groups is 3. The fraction of sp³-hybridized carbons (Fsp3) is 0.316. The zero-order valence-corrected chi connectivity index (χ0v) is 17.3. The van der Waals surface area contributed by atoms with Gasteiger partial charge in [0, 0.05) is 10.7 Å². The Morgan fingerprint density at radius 3 is 2.46 bits per heavy atom. The Hall–Kier alpha value is -2.51. The second-order valence-corrected chi connectivity index (χ2v) is 6.85. The van der Waals surface area contributed by atoms with Crippen LogP contribution in [0.2, 0.25) is 10.0 Å². The molecule has 1 aromatic heterocycles. The van der Waals surface area contributed by atoms with Crippen molar-refractivity contribution in [3.8, 4) is 0 Å². The molecule has 1 atom stereocenters. The molecule has 150 valence electrons. The topological polar surface area (TPSA) is 97.5 Å². The molecule has 0 spiro atoms. The molecule has 0 aliphatic heterocycles. The highest BCUT2D eigenvalue weighted by Crippen LogP contribution is 2.26. The molecule has 1 unspecified atom stereocenters. The molecular formula is C19H20Cl2N2O5. The summed E-state index contributed by atoms with van der Waals surface area (Å²) in [5, 5.41) is 3.26. The summed E-state index contributed by atoms with van der Waals surface area (Å²) in [6.07, 6.45) is -1.10. The fourth-order valence-corrected chi connectivity index (χ4v) is 3.02. The number of nitrogens with one attached hydrogen (secondary N) is 2. The third kappa shape index (κ3) is 4.85. The number of carbonyl (C=O) groups excluding carboxylic acids is 3. The molecule has 0 aliphatic rings. The average Bonchev–Trinajstić information content (AvgIpc) is 2.92. The standard InChI is InChI=1S/C19H20Cl2N2O5/c1-5-27-19(26)16-9(2)15(10(3)22-16)18(25)28-11(4)17(24)23-14-7-6-12(20)8-13(14)21/h6-8,11,22H,5H2,1-4H3,(H,23,24). The smallest absolute Gasteiger partial charge is 0.355 e. The van der Waals surface area contributed by atoms with Crippen molar-refractivity contribution in [3.63, 3.8) is 0 Å². The first-order chi connectivity index (χ1) is 13.1. The van der Waals surface area contributed by atoms with Crippen molar-refractivity contribution in [1.82, 2.24) is 4.98 Å². The van der Waals surface area contributed by atoms with Crippen molar-refractivity contribution >= 4 is 46.7 Å². The fourth-order valence-electron chi connectivity index (χ4n) is 2.56. The number of esters is 2. The Morgan fingerprint density at radius 1 is 1.18 bits per heavy atom. The maximum absolute atomic E-state index is 12.5. The van der Waals surface area contributed by atoms with E-state index in [1.54, 1.807) is 32.9 Å². The van der Waals surface area contributed by atoms with Gasteiger partial charge in [0.2, 0.25) is 0 Å². The molecule has 0 saturated heterocycles. The number of benzene rings is 1. The first kappa shape index (κ1) is 21.8. The molecular weight excluding hydrogens is 407 g/mol. The third-order valence-electron chi connectivity index (χ3n) is 3.96. The van der Waals surface area contributed by atoms with Crippen LogP contribution < -0.4 is 5.32 Å². The van der Waals surface area contributed by atoms with Gasteiger partial charge in [-0.05, 0) is 51.5 Å². The summed E-state index contributed by atoms with van der Waals surface area (Å²) in [6.45, 7) is 6.56. The summed E-state index contributed by atoms with van der Waals surface area (Å²) < 4.78 is 10.2. The Balaban J connectivity index is 2.11. The van der Waals surface area contributed by atoms with Gasteiger partial charge < -0.3 is 19.8 Å². The molecule has 1 aromatic carbocycles. The number of halogens is 2. The van der Waals surface area contributed by atoms with E-state index < -0.39 is 23.9 Å². The van der Waals surface area contributed by atoms with Crippen LogP contribution in [0.4, 0.5) is 5.69 Å². The molecule has 2 rings (SSSR count). The lowest BCUT2D eigenvalue weighted by atomic mass is 10.1. The zero-order valence-electron chi connectivity index (χ0n) is 15.8. The van der Waals surface area contributed by atoms with E-state index in [0.29, 0.717) is 22.0 Å². The lowest BCUT2D eigenvalue weighted by Gasteiger charge is -2.14. The largest absolute Gasteiger partial charge is 0.461 e. The SMILES string of the molecule is CCOC(=O)c1[nH]c(C)c(C(=O)OC(C)C(=O)Nc2ccc(Cl)cc2Cl)c1C. The van der Waals surface area contributed by atoms with Gasteiger partial charge in [-0.1, -0.05) is 23.2 Å². The Bertz CT molecular complexity index is 923. The third-order valence-corrected chi connectivity index (χ3v) is 4.51. The van der Waals surface area contributed by atoms with Gasteiger partial charge in [-0.3, -0.25) is 4.79 Å². The lowest BCUT2D eigenvalue weighted by Crippen LogP contribution is -2.30. The molecule has 9 heteroatoms. The van der Waals surface area contributed by atoms with Crippen LogP contribution in [0, 0.1) is 13.8 Å². The average molecular weight is 427 g/mol. The maximum atomic E-state index is 12.5. The first-order valence-corrected chi connectivity index (χ1v) is 9.24. The monoisotopic (exact) mass is 426 g/mol. The van der Waals surface area contributed by atoms with Crippen LogP contribution in [-0.4, -0.2) is 35.5 Å². The number of ether oxygens (including phenoxy) is 2. The molecule has 0 aliphatic carbocycles. The molecule has 1 heterocycles. The summed E-state index contributed by atoms with van der Waals surface area (Å²) in [7, 11) is 0. The number of hydrogen-bond acceptors (Lipinski definition) is 5. The van der Waals surface area contributed by atoms with E-state index in [9.17, 15) is 14.4 Å². The molecule has 7 nitrogen and oxygen atoms in total. The second-order valence-electron chi connectivity index (χ2n) is 6.01. The minimum Gasteiger partial charge on any atom is -0.461 e. The molecule has 0 saturated carbocycles. The van der Waals surface area contributed by atoms with Gasteiger partial charge in [0.25, 0.3) is 5.91 Å². The lowest BCUT2D eigenvalue weighted by molar-refractivity contribution is -0.123. The number of aromatic nitrogens is 1. The summed E-state index contributed by atoms with van der Waals surface area (Å²) >= 11 is 11.8. The number of anilines is 1. The van der Waals surface area contributed by atoms with E-state index in [1.165, 1.54) is 13.0 Å². The molecule has 0 radical (unpaired) electrons. The van der Waals surface area contributed by atoms with Crippen molar-refractivity contribution in [2.45, 2.75) is 33.8 Å². The van der Waals surface area contributed by atoms with Gasteiger partial charge in [-0.2, -0.15) is 0 Å². The molecule has 0 bridgehead atoms. The number of hydrogen-bond donors (Lipinski definition) is 2. The van der Waals surface area contributed by atoms with Crippen molar-refractivity contribution in [2.24, 2.45) is 0 Å². The van der Waals surface area contributed by atoms with E-state index in [0.717, 1.165) is 0 Å². The summed E-state index contributed by atoms with van der Waals surface area (Å²) in [4.78, 5) is 39.6. The number of amides is 1. The summed E-state index contributed by atoms with van der Waals surface area (Å²) in [6, 6.07) is 4.60. The zero-order chi connectivity index (χ0) is 21.0. The van der Waals surface area contributed by atoms with Gasteiger partial charge >= 0.3 is 11.9 Å². The highest BCUT2D eigenvalue weighted by molar-refractivity contribution is 6.36. The number of aromatic amines is 1.